The molecule has 0 aliphatic carbocycles. The number of carbonyl (C=O) groups excluding carboxylic acids is 1. The SMILES string of the molecule is Cc1nc(NC(=O)c2cnn3ccc(N4CCCC4C(F)(F)F)nc23)sc1C. The molecule has 0 aromatic carbocycles. The molecular weight excluding hydrogens is 393 g/mol. The summed E-state index contributed by atoms with van der Waals surface area (Å²) in [6.07, 6.45) is -0.999. The van der Waals surface area contributed by atoms with E-state index in [0.29, 0.717) is 11.6 Å². The van der Waals surface area contributed by atoms with E-state index in [0.717, 1.165) is 10.6 Å². The molecule has 1 N–H and O–H groups in total. The van der Waals surface area contributed by atoms with Crippen molar-refractivity contribution in [2.24, 2.45) is 0 Å². The second kappa shape index (κ2) is 6.73. The number of hydrogen-bond acceptors (Lipinski definition) is 6. The number of halogens is 3. The molecule has 1 saturated heterocycles. The van der Waals surface area contributed by atoms with Crippen LogP contribution in [0.1, 0.15) is 33.8 Å². The van der Waals surface area contributed by atoms with Crippen LogP contribution in [-0.2, 0) is 0 Å². The van der Waals surface area contributed by atoms with E-state index in [1.54, 1.807) is 0 Å². The van der Waals surface area contributed by atoms with Gasteiger partial charge in [0.1, 0.15) is 17.4 Å². The fourth-order valence-corrected chi connectivity index (χ4v) is 4.06. The van der Waals surface area contributed by atoms with Gasteiger partial charge in [-0.05, 0) is 32.8 Å². The zero-order chi connectivity index (χ0) is 20.1. The zero-order valence-corrected chi connectivity index (χ0v) is 15.9. The summed E-state index contributed by atoms with van der Waals surface area (Å²) in [6.45, 7) is 4.01. The van der Waals surface area contributed by atoms with Gasteiger partial charge in [0.25, 0.3) is 5.91 Å². The molecule has 3 aromatic heterocycles. The van der Waals surface area contributed by atoms with Crippen LogP contribution in [0.25, 0.3) is 5.65 Å². The van der Waals surface area contributed by atoms with Gasteiger partial charge in [-0.3, -0.25) is 10.1 Å². The minimum atomic E-state index is -4.33. The molecule has 1 aliphatic rings. The van der Waals surface area contributed by atoms with Crippen molar-refractivity contribution < 1.29 is 18.0 Å². The summed E-state index contributed by atoms with van der Waals surface area (Å²) in [6, 6.07) is -0.0804. The third-order valence-corrected chi connectivity index (χ3v) is 5.76. The average molecular weight is 410 g/mol. The lowest BCUT2D eigenvalue weighted by atomic mass is 10.2. The van der Waals surface area contributed by atoms with Crippen LogP contribution in [0.4, 0.5) is 24.1 Å². The molecule has 1 fully saturated rings. The molecule has 1 unspecified atom stereocenters. The van der Waals surface area contributed by atoms with Crippen LogP contribution < -0.4 is 10.2 Å². The highest BCUT2D eigenvalue weighted by atomic mass is 32.1. The van der Waals surface area contributed by atoms with E-state index in [1.807, 2.05) is 13.8 Å². The number of carbonyl (C=O) groups is 1. The Kier molecular flexibility index (Phi) is 4.48. The number of amides is 1. The van der Waals surface area contributed by atoms with Gasteiger partial charge in [0, 0.05) is 17.6 Å². The molecule has 11 heteroatoms. The van der Waals surface area contributed by atoms with Crippen molar-refractivity contribution in [2.45, 2.75) is 38.9 Å². The van der Waals surface area contributed by atoms with Gasteiger partial charge in [0.15, 0.2) is 10.8 Å². The quantitative estimate of drug-likeness (QED) is 0.714. The van der Waals surface area contributed by atoms with Crippen molar-refractivity contribution in [2.75, 3.05) is 16.8 Å². The molecule has 0 bridgehead atoms. The molecular formula is C17H17F3N6OS. The second-order valence-electron chi connectivity index (χ2n) is 6.62. The molecule has 4 rings (SSSR count). The summed E-state index contributed by atoms with van der Waals surface area (Å²) in [5.74, 6) is -0.273. The van der Waals surface area contributed by atoms with Crippen LogP contribution in [0.5, 0.6) is 0 Å². The van der Waals surface area contributed by atoms with Crippen molar-refractivity contribution in [1.29, 1.82) is 0 Å². The third-order valence-electron chi connectivity index (χ3n) is 4.77. The molecule has 4 heterocycles. The summed E-state index contributed by atoms with van der Waals surface area (Å²) in [7, 11) is 0. The monoisotopic (exact) mass is 410 g/mol. The Morgan fingerprint density at radius 3 is 2.79 bits per heavy atom. The van der Waals surface area contributed by atoms with Gasteiger partial charge in [-0.25, -0.2) is 14.5 Å². The lowest BCUT2D eigenvalue weighted by molar-refractivity contribution is -0.146. The van der Waals surface area contributed by atoms with Gasteiger partial charge in [0.05, 0.1) is 11.9 Å². The number of rotatable bonds is 3. The van der Waals surface area contributed by atoms with E-state index in [1.165, 1.54) is 39.2 Å². The topological polar surface area (TPSA) is 75.4 Å². The maximum absolute atomic E-state index is 13.3. The smallest absolute Gasteiger partial charge is 0.344 e. The molecule has 1 aliphatic heterocycles. The number of nitrogens with zero attached hydrogens (tertiary/aromatic N) is 5. The van der Waals surface area contributed by atoms with Crippen LogP contribution in [0.2, 0.25) is 0 Å². The first-order valence-corrected chi connectivity index (χ1v) is 9.49. The highest BCUT2D eigenvalue weighted by Crippen LogP contribution is 2.35. The number of thiazole rings is 1. The molecule has 0 spiro atoms. The minimum Gasteiger partial charge on any atom is -0.344 e. The minimum absolute atomic E-state index is 0.0334. The molecule has 148 valence electrons. The van der Waals surface area contributed by atoms with E-state index in [9.17, 15) is 18.0 Å². The standard InChI is InChI=1S/C17H17F3N6OS/c1-9-10(2)28-16(22-9)24-15(27)11-8-21-26-7-5-13(23-14(11)26)25-6-3-4-12(25)17(18,19)20/h5,7-8,12H,3-4,6H2,1-2H3,(H,22,24,27). The Morgan fingerprint density at radius 1 is 1.32 bits per heavy atom. The number of aromatic nitrogens is 4. The zero-order valence-electron chi connectivity index (χ0n) is 15.1. The number of nitrogens with one attached hydrogen (secondary N) is 1. The number of anilines is 2. The largest absolute Gasteiger partial charge is 0.408 e. The van der Waals surface area contributed by atoms with Crippen molar-refractivity contribution in [1.82, 2.24) is 19.6 Å². The normalized spacial score (nSPS) is 17.5. The Labute approximate surface area is 162 Å². The van der Waals surface area contributed by atoms with Gasteiger partial charge in [-0.15, -0.1) is 11.3 Å². The van der Waals surface area contributed by atoms with Crippen LogP contribution in [0.3, 0.4) is 0 Å². The van der Waals surface area contributed by atoms with Gasteiger partial charge in [-0.2, -0.15) is 18.3 Å². The predicted molar refractivity (Wildman–Crippen MR) is 99.0 cm³/mol. The first-order valence-electron chi connectivity index (χ1n) is 8.67. The fraction of sp³-hybridized carbons (Fsp3) is 0.412. The predicted octanol–water partition coefficient (Wildman–Crippen LogP) is 3.59. The van der Waals surface area contributed by atoms with E-state index >= 15 is 0 Å². The Bertz CT molecular complexity index is 1020. The maximum atomic E-state index is 13.3. The Balaban J connectivity index is 1.65. The summed E-state index contributed by atoms with van der Waals surface area (Å²) in [5.41, 5.74) is 1.20. The van der Waals surface area contributed by atoms with Gasteiger partial charge in [0.2, 0.25) is 0 Å². The summed E-state index contributed by atoms with van der Waals surface area (Å²) in [4.78, 5) is 23.4. The summed E-state index contributed by atoms with van der Waals surface area (Å²) < 4.78 is 41.2. The lowest BCUT2D eigenvalue weighted by Crippen LogP contribution is -2.41. The highest BCUT2D eigenvalue weighted by molar-refractivity contribution is 7.15. The third kappa shape index (κ3) is 3.30. The molecule has 0 saturated carbocycles. The van der Waals surface area contributed by atoms with Crippen LogP contribution in [0.15, 0.2) is 18.5 Å². The van der Waals surface area contributed by atoms with E-state index in [4.69, 9.17) is 0 Å². The summed E-state index contributed by atoms with van der Waals surface area (Å²) >= 11 is 1.35. The van der Waals surface area contributed by atoms with Crippen LogP contribution >= 0.6 is 11.3 Å². The second-order valence-corrected chi connectivity index (χ2v) is 7.82. The number of fused-ring (bicyclic) bond motifs is 1. The highest BCUT2D eigenvalue weighted by Gasteiger charge is 2.46. The summed E-state index contributed by atoms with van der Waals surface area (Å²) in [5, 5.41) is 7.23. The van der Waals surface area contributed by atoms with E-state index in [2.05, 4.69) is 20.4 Å². The first-order chi connectivity index (χ1) is 13.2. The number of alkyl halides is 3. The Hall–Kier alpha value is -2.69. The molecule has 0 radical (unpaired) electrons. The molecule has 7 nitrogen and oxygen atoms in total. The molecule has 1 atom stereocenters. The van der Waals surface area contributed by atoms with E-state index < -0.39 is 18.1 Å². The number of aryl methyl sites for hydroxylation is 2. The lowest BCUT2D eigenvalue weighted by Gasteiger charge is -2.27. The van der Waals surface area contributed by atoms with Gasteiger partial charge < -0.3 is 4.90 Å². The van der Waals surface area contributed by atoms with Crippen molar-refractivity contribution in [3.8, 4) is 0 Å². The first kappa shape index (κ1) is 18.7. The molecule has 3 aromatic rings. The molecule has 28 heavy (non-hydrogen) atoms. The number of hydrogen-bond donors (Lipinski definition) is 1. The van der Waals surface area contributed by atoms with E-state index in [-0.39, 0.29) is 30.0 Å². The van der Waals surface area contributed by atoms with Gasteiger partial charge >= 0.3 is 6.18 Å². The van der Waals surface area contributed by atoms with Crippen molar-refractivity contribution in [3.63, 3.8) is 0 Å². The maximum Gasteiger partial charge on any atom is 0.408 e. The molecule has 1 amide bonds. The van der Waals surface area contributed by atoms with Crippen LogP contribution in [-0.4, -0.2) is 44.3 Å². The fourth-order valence-electron chi connectivity index (χ4n) is 3.25. The van der Waals surface area contributed by atoms with Crippen LogP contribution in [0, 0.1) is 13.8 Å². The van der Waals surface area contributed by atoms with Gasteiger partial charge in [-0.1, -0.05) is 0 Å². The van der Waals surface area contributed by atoms with Crippen molar-refractivity contribution in [3.05, 3.63) is 34.6 Å². The van der Waals surface area contributed by atoms with Crippen molar-refractivity contribution >= 4 is 33.8 Å². The average Bonchev–Trinajstić information content (AvgIpc) is 3.33. The Morgan fingerprint density at radius 2 is 2.11 bits per heavy atom.